The average Bonchev–Trinajstić information content (AvgIpc) is 2.90. The van der Waals surface area contributed by atoms with E-state index in [9.17, 15) is 9.90 Å². The molecule has 0 fully saturated rings. The second-order valence-corrected chi connectivity index (χ2v) is 6.75. The number of ether oxygens (including phenoxy) is 2. The molecule has 1 heterocycles. The molecule has 0 aliphatic heterocycles. The number of hydrogen-bond donors (Lipinski definition) is 1. The molecule has 1 aromatic carbocycles. The number of likely N-dealkylation sites (N-methyl/N-ethyl adjacent to an activating group) is 1. The molecule has 0 saturated heterocycles. The lowest BCUT2D eigenvalue weighted by molar-refractivity contribution is 0.0698. The van der Waals surface area contributed by atoms with Gasteiger partial charge in [-0.3, -0.25) is 0 Å². The van der Waals surface area contributed by atoms with Crippen LogP contribution in [-0.4, -0.2) is 61.5 Å². The monoisotopic (exact) mass is 348 g/mol. The molecule has 138 valence electrons. The van der Waals surface area contributed by atoms with E-state index in [-0.39, 0.29) is 5.92 Å². The molecule has 0 bridgehead atoms. The van der Waals surface area contributed by atoms with Crippen LogP contribution in [0.2, 0.25) is 0 Å². The summed E-state index contributed by atoms with van der Waals surface area (Å²) in [5, 5.41) is 10.3. The average molecular weight is 348 g/mol. The molecule has 6 heteroatoms. The summed E-state index contributed by atoms with van der Waals surface area (Å²) in [6.45, 7) is 6.71. The van der Waals surface area contributed by atoms with Crippen molar-refractivity contribution in [2.24, 2.45) is 0 Å². The maximum atomic E-state index is 11.7. The number of carboxylic acids is 1. The van der Waals surface area contributed by atoms with E-state index in [1.807, 2.05) is 35.7 Å². The summed E-state index contributed by atoms with van der Waals surface area (Å²) in [5.41, 5.74) is 2.33. The van der Waals surface area contributed by atoms with Gasteiger partial charge in [-0.1, -0.05) is 13.8 Å². The molecule has 2 aromatic rings. The van der Waals surface area contributed by atoms with Crippen LogP contribution in [0.4, 0.5) is 0 Å². The number of carbonyl (C=O) groups is 1. The Balaban J connectivity index is 2.53. The van der Waals surface area contributed by atoms with Gasteiger partial charge in [-0.15, -0.1) is 0 Å². The van der Waals surface area contributed by atoms with E-state index in [1.165, 1.54) is 0 Å². The van der Waals surface area contributed by atoms with Crippen molar-refractivity contribution in [3.05, 3.63) is 29.5 Å². The number of aromatic carboxylic acids is 1. The molecule has 1 aromatic heterocycles. The van der Waals surface area contributed by atoms with Gasteiger partial charge in [0.1, 0.15) is 12.4 Å². The standard InChI is InChI=1S/C19H28N2O4/c1-13(2)15-10-14(25-9-6-20(3)4)11-16-17(19(22)23)12-21(18(15)16)7-8-24-5/h10-13H,6-9H2,1-5H3,(H,22,23). The highest BCUT2D eigenvalue weighted by molar-refractivity contribution is 6.05. The van der Waals surface area contributed by atoms with E-state index in [0.29, 0.717) is 31.1 Å². The van der Waals surface area contributed by atoms with Crippen LogP contribution in [0.15, 0.2) is 18.3 Å². The second kappa shape index (κ2) is 8.36. The second-order valence-electron chi connectivity index (χ2n) is 6.75. The van der Waals surface area contributed by atoms with Crippen LogP contribution in [0, 0.1) is 0 Å². The predicted octanol–water partition coefficient (Wildman–Crippen LogP) is 3.05. The highest BCUT2D eigenvalue weighted by Gasteiger charge is 2.20. The molecule has 0 amide bonds. The Bertz CT molecular complexity index is 735. The van der Waals surface area contributed by atoms with Gasteiger partial charge >= 0.3 is 5.97 Å². The first-order valence-corrected chi connectivity index (χ1v) is 8.51. The van der Waals surface area contributed by atoms with Gasteiger partial charge in [-0.25, -0.2) is 4.79 Å². The van der Waals surface area contributed by atoms with Crippen molar-refractivity contribution < 1.29 is 19.4 Å². The van der Waals surface area contributed by atoms with Crippen LogP contribution in [0.25, 0.3) is 10.9 Å². The minimum absolute atomic E-state index is 0.248. The summed E-state index contributed by atoms with van der Waals surface area (Å²) in [5.74, 6) is 0.0316. The Morgan fingerprint density at radius 1 is 1.28 bits per heavy atom. The summed E-state index contributed by atoms with van der Waals surface area (Å²) >= 11 is 0. The molecule has 25 heavy (non-hydrogen) atoms. The first-order valence-electron chi connectivity index (χ1n) is 8.51. The lowest BCUT2D eigenvalue weighted by Crippen LogP contribution is -2.19. The number of rotatable bonds is 9. The third-order valence-electron chi connectivity index (χ3n) is 4.17. The highest BCUT2D eigenvalue weighted by atomic mass is 16.5. The van der Waals surface area contributed by atoms with E-state index in [0.717, 1.165) is 23.0 Å². The van der Waals surface area contributed by atoms with Crippen molar-refractivity contribution in [2.45, 2.75) is 26.3 Å². The molecule has 0 saturated carbocycles. The minimum Gasteiger partial charge on any atom is -0.492 e. The predicted molar refractivity (Wildman–Crippen MR) is 98.9 cm³/mol. The summed E-state index contributed by atoms with van der Waals surface area (Å²) in [6.07, 6.45) is 1.70. The van der Waals surface area contributed by atoms with E-state index in [1.54, 1.807) is 13.3 Å². The summed E-state index contributed by atoms with van der Waals surface area (Å²) in [6, 6.07) is 3.86. The molecule has 0 aliphatic rings. The molecule has 0 unspecified atom stereocenters. The van der Waals surface area contributed by atoms with Gasteiger partial charge in [0, 0.05) is 31.8 Å². The van der Waals surface area contributed by atoms with Crippen LogP contribution in [-0.2, 0) is 11.3 Å². The van der Waals surface area contributed by atoms with Gasteiger partial charge in [-0.05, 0) is 37.7 Å². The van der Waals surface area contributed by atoms with Crippen molar-refractivity contribution in [2.75, 3.05) is 41.0 Å². The summed E-state index contributed by atoms with van der Waals surface area (Å²) in [7, 11) is 5.62. The number of aromatic nitrogens is 1. The third kappa shape index (κ3) is 4.52. The van der Waals surface area contributed by atoms with Crippen molar-refractivity contribution in [3.63, 3.8) is 0 Å². The molecule has 1 N–H and O–H groups in total. The van der Waals surface area contributed by atoms with Crippen LogP contribution in [0.1, 0.15) is 35.7 Å². The normalized spacial score (nSPS) is 11.6. The molecule has 0 spiro atoms. The number of hydrogen-bond acceptors (Lipinski definition) is 4. The minimum atomic E-state index is -0.929. The fraction of sp³-hybridized carbons (Fsp3) is 0.526. The molecular weight excluding hydrogens is 320 g/mol. The van der Waals surface area contributed by atoms with Crippen molar-refractivity contribution >= 4 is 16.9 Å². The lowest BCUT2D eigenvalue weighted by atomic mass is 9.99. The summed E-state index contributed by atoms with van der Waals surface area (Å²) in [4.78, 5) is 13.8. The molecular formula is C19H28N2O4. The van der Waals surface area contributed by atoms with Crippen molar-refractivity contribution in [1.82, 2.24) is 9.47 Å². The fourth-order valence-electron chi connectivity index (χ4n) is 2.85. The number of methoxy groups -OCH3 is 1. The maximum Gasteiger partial charge on any atom is 0.337 e. The van der Waals surface area contributed by atoms with E-state index in [4.69, 9.17) is 9.47 Å². The van der Waals surface area contributed by atoms with Gasteiger partial charge in [0.15, 0.2) is 0 Å². The Morgan fingerprint density at radius 3 is 2.56 bits per heavy atom. The van der Waals surface area contributed by atoms with E-state index < -0.39 is 5.97 Å². The first kappa shape index (κ1) is 19.3. The zero-order chi connectivity index (χ0) is 18.6. The van der Waals surface area contributed by atoms with Gasteiger partial charge in [0.25, 0.3) is 0 Å². The van der Waals surface area contributed by atoms with Crippen molar-refractivity contribution in [1.29, 1.82) is 0 Å². The Kier molecular flexibility index (Phi) is 6.45. The van der Waals surface area contributed by atoms with Crippen LogP contribution < -0.4 is 4.74 Å². The van der Waals surface area contributed by atoms with Gasteiger partial charge in [-0.2, -0.15) is 0 Å². The third-order valence-corrected chi connectivity index (χ3v) is 4.17. The number of fused-ring (bicyclic) bond motifs is 1. The maximum absolute atomic E-state index is 11.7. The van der Waals surface area contributed by atoms with E-state index in [2.05, 4.69) is 13.8 Å². The SMILES string of the molecule is COCCn1cc(C(=O)O)c2cc(OCCN(C)C)cc(C(C)C)c21. The zero-order valence-electron chi connectivity index (χ0n) is 15.7. The lowest BCUT2D eigenvalue weighted by Gasteiger charge is -2.16. The molecule has 0 radical (unpaired) electrons. The van der Waals surface area contributed by atoms with Crippen LogP contribution in [0.5, 0.6) is 5.75 Å². The number of nitrogens with zero attached hydrogens (tertiary/aromatic N) is 2. The Morgan fingerprint density at radius 2 is 2.00 bits per heavy atom. The van der Waals surface area contributed by atoms with E-state index >= 15 is 0 Å². The fourth-order valence-corrected chi connectivity index (χ4v) is 2.85. The molecule has 0 aliphatic carbocycles. The largest absolute Gasteiger partial charge is 0.492 e. The van der Waals surface area contributed by atoms with Crippen molar-refractivity contribution in [3.8, 4) is 5.75 Å². The van der Waals surface area contributed by atoms with Crippen LogP contribution >= 0.6 is 0 Å². The molecule has 0 atom stereocenters. The zero-order valence-corrected chi connectivity index (χ0v) is 15.7. The first-order chi connectivity index (χ1) is 11.8. The van der Waals surface area contributed by atoms with Gasteiger partial charge in [0.2, 0.25) is 0 Å². The van der Waals surface area contributed by atoms with Gasteiger partial charge < -0.3 is 24.0 Å². The van der Waals surface area contributed by atoms with Crippen LogP contribution in [0.3, 0.4) is 0 Å². The highest BCUT2D eigenvalue weighted by Crippen LogP contribution is 2.34. The topological polar surface area (TPSA) is 63.9 Å². The van der Waals surface area contributed by atoms with Gasteiger partial charge in [0.05, 0.1) is 17.7 Å². The Hall–Kier alpha value is -2.05. The number of carboxylic acid groups (broad SMARTS) is 1. The molecule has 2 rings (SSSR count). The quantitative estimate of drug-likeness (QED) is 0.754. The summed E-state index contributed by atoms with van der Waals surface area (Å²) < 4.78 is 13.0. The Labute approximate surface area is 148 Å². The number of benzene rings is 1. The smallest absolute Gasteiger partial charge is 0.337 e. The molecule has 6 nitrogen and oxygen atoms in total.